The van der Waals surface area contributed by atoms with Crippen molar-refractivity contribution in [2.45, 2.75) is 38.3 Å². The molecule has 2 aromatic heterocycles. The van der Waals surface area contributed by atoms with Crippen LogP contribution in [0, 0.1) is 17.7 Å². The summed E-state index contributed by atoms with van der Waals surface area (Å²) in [4.78, 5) is 20.5. The highest BCUT2D eigenvalue weighted by molar-refractivity contribution is 7.16. The Morgan fingerprint density at radius 2 is 2.14 bits per heavy atom. The summed E-state index contributed by atoms with van der Waals surface area (Å²) < 4.78 is 16.1. The molecule has 5 rings (SSSR count). The summed E-state index contributed by atoms with van der Waals surface area (Å²) in [5.74, 6) is 0.932. The van der Waals surface area contributed by atoms with Crippen molar-refractivity contribution in [3.05, 3.63) is 59.1 Å². The number of carbonyl (C=O) groups excluding carboxylic acids is 1. The number of carbonyl (C=O) groups is 1. The Morgan fingerprint density at radius 3 is 2.83 bits per heavy atom. The number of aromatic nitrogens is 3. The van der Waals surface area contributed by atoms with Gasteiger partial charge in [0.05, 0.1) is 12.4 Å². The van der Waals surface area contributed by atoms with Crippen molar-refractivity contribution >= 4 is 17.2 Å². The van der Waals surface area contributed by atoms with Gasteiger partial charge in [-0.05, 0) is 37.2 Å². The van der Waals surface area contributed by atoms with Gasteiger partial charge in [0.25, 0.3) is 5.91 Å². The molecule has 0 radical (unpaired) electrons. The summed E-state index contributed by atoms with van der Waals surface area (Å²) in [6.45, 7) is 0.305. The van der Waals surface area contributed by atoms with Crippen molar-refractivity contribution in [1.82, 2.24) is 19.7 Å². The minimum absolute atomic E-state index is 0.0431. The molecule has 0 N–H and O–H groups in total. The van der Waals surface area contributed by atoms with Crippen LogP contribution >= 0.6 is 11.3 Å². The average Bonchev–Trinajstić information content (AvgIpc) is 3.50. The van der Waals surface area contributed by atoms with Crippen LogP contribution in [0.15, 0.2) is 42.9 Å². The van der Waals surface area contributed by atoms with Crippen LogP contribution in [-0.4, -0.2) is 31.6 Å². The second kappa shape index (κ2) is 7.37. The van der Waals surface area contributed by atoms with E-state index in [1.54, 1.807) is 29.2 Å². The average molecular weight is 411 g/mol. The molecule has 0 saturated heterocycles. The first kappa shape index (κ1) is 18.5. The van der Waals surface area contributed by atoms with Gasteiger partial charge in [0.15, 0.2) is 0 Å². The SMILES string of the molecule is Cn1cc(-c2ncc(C(=O)N(Cc3ccccc3F)C3CC4CCC3C4)s2)cn1. The zero-order valence-electron chi connectivity index (χ0n) is 16.3. The van der Waals surface area contributed by atoms with Crippen molar-refractivity contribution in [2.75, 3.05) is 0 Å². The number of hydrogen-bond donors (Lipinski definition) is 0. The highest BCUT2D eigenvalue weighted by Crippen LogP contribution is 2.47. The highest BCUT2D eigenvalue weighted by atomic mass is 32.1. The van der Waals surface area contributed by atoms with Crippen LogP contribution < -0.4 is 0 Å². The van der Waals surface area contributed by atoms with Crippen molar-refractivity contribution in [1.29, 1.82) is 0 Å². The Balaban J connectivity index is 1.45. The minimum atomic E-state index is -0.256. The van der Waals surface area contributed by atoms with Gasteiger partial charge in [-0.1, -0.05) is 24.6 Å². The predicted octanol–water partition coefficient (Wildman–Crippen LogP) is 4.51. The van der Waals surface area contributed by atoms with E-state index in [1.165, 1.54) is 36.7 Å². The van der Waals surface area contributed by atoms with E-state index in [0.717, 1.165) is 17.0 Å². The third-order valence-electron chi connectivity index (χ3n) is 6.33. The quantitative estimate of drug-likeness (QED) is 0.622. The van der Waals surface area contributed by atoms with E-state index in [-0.39, 0.29) is 17.8 Å². The topological polar surface area (TPSA) is 51.0 Å². The minimum Gasteiger partial charge on any atom is -0.330 e. The fraction of sp³-hybridized carbons (Fsp3) is 0.409. The third kappa shape index (κ3) is 3.48. The molecule has 3 unspecified atom stereocenters. The molecule has 150 valence electrons. The molecule has 2 heterocycles. The van der Waals surface area contributed by atoms with Gasteiger partial charge in [0.2, 0.25) is 0 Å². The Labute approximate surface area is 173 Å². The van der Waals surface area contributed by atoms with E-state index in [1.807, 2.05) is 24.2 Å². The lowest BCUT2D eigenvalue weighted by atomic mass is 9.93. The number of thiazole rings is 1. The Morgan fingerprint density at radius 1 is 1.28 bits per heavy atom. The standard InChI is InChI=1S/C22H23FN4OS/c1-26-12-17(10-25-26)21-24-11-20(29-21)22(28)27(13-16-4-2-3-5-18(16)23)19-9-14-6-7-15(19)8-14/h2-5,10-12,14-15,19H,6-9,13H2,1H3. The van der Waals surface area contributed by atoms with Crippen molar-refractivity contribution < 1.29 is 9.18 Å². The number of rotatable bonds is 5. The van der Waals surface area contributed by atoms with Gasteiger partial charge in [0, 0.05) is 37.0 Å². The van der Waals surface area contributed by atoms with Gasteiger partial charge in [0.1, 0.15) is 15.7 Å². The number of nitrogens with zero attached hydrogens (tertiary/aromatic N) is 4. The second-order valence-corrected chi connectivity index (χ2v) is 9.23. The molecule has 2 aliphatic carbocycles. The largest absolute Gasteiger partial charge is 0.330 e. The Kier molecular flexibility index (Phi) is 4.70. The molecule has 0 spiro atoms. The van der Waals surface area contributed by atoms with Crippen LogP contribution in [0.5, 0.6) is 0 Å². The number of fused-ring (bicyclic) bond motifs is 2. The van der Waals surface area contributed by atoms with Crippen LogP contribution in [0.4, 0.5) is 4.39 Å². The van der Waals surface area contributed by atoms with Gasteiger partial charge >= 0.3 is 0 Å². The summed E-state index contributed by atoms with van der Waals surface area (Å²) >= 11 is 1.38. The molecule has 7 heteroatoms. The summed E-state index contributed by atoms with van der Waals surface area (Å²) in [6.07, 6.45) is 9.93. The number of aryl methyl sites for hydroxylation is 1. The molecular weight excluding hydrogens is 387 g/mol. The normalized spacial score (nSPS) is 22.9. The number of hydrogen-bond acceptors (Lipinski definition) is 4. The predicted molar refractivity (Wildman–Crippen MR) is 110 cm³/mol. The molecule has 2 saturated carbocycles. The van der Waals surface area contributed by atoms with Crippen LogP contribution in [0.1, 0.15) is 40.9 Å². The smallest absolute Gasteiger partial charge is 0.266 e. The van der Waals surface area contributed by atoms with Gasteiger partial charge in [-0.15, -0.1) is 11.3 Å². The Bertz CT molecular complexity index is 1040. The van der Waals surface area contributed by atoms with E-state index in [9.17, 15) is 9.18 Å². The number of halogens is 1. The maximum Gasteiger partial charge on any atom is 0.266 e. The van der Waals surface area contributed by atoms with Gasteiger partial charge < -0.3 is 4.90 Å². The first-order valence-electron chi connectivity index (χ1n) is 10.1. The van der Waals surface area contributed by atoms with E-state index in [4.69, 9.17) is 0 Å². The zero-order valence-corrected chi connectivity index (χ0v) is 17.1. The van der Waals surface area contributed by atoms with Crippen LogP contribution in [0.3, 0.4) is 0 Å². The number of benzene rings is 1. The Hall–Kier alpha value is -2.54. The zero-order chi connectivity index (χ0) is 20.0. The molecule has 0 aliphatic heterocycles. The molecule has 1 amide bonds. The number of amides is 1. The monoisotopic (exact) mass is 410 g/mol. The van der Waals surface area contributed by atoms with Gasteiger partial charge in [-0.3, -0.25) is 9.48 Å². The molecule has 29 heavy (non-hydrogen) atoms. The lowest BCUT2D eigenvalue weighted by Crippen LogP contribution is -2.42. The maximum atomic E-state index is 14.4. The van der Waals surface area contributed by atoms with Crippen molar-refractivity contribution in [2.24, 2.45) is 18.9 Å². The van der Waals surface area contributed by atoms with E-state index >= 15 is 0 Å². The summed E-state index contributed by atoms with van der Waals surface area (Å²) in [5, 5.41) is 4.96. The fourth-order valence-corrected chi connectivity index (χ4v) is 5.77. The summed E-state index contributed by atoms with van der Waals surface area (Å²) in [5.41, 5.74) is 1.47. The van der Waals surface area contributed by atoms with Gasteiger partial charge in [-0.2, -0.15) is 5.10 Å². The van der Waals surface area contributed by atoms with E-state index in [0.29, 0.717) is 28.8 Å². The van der Waals surface area contributed by atoms with Crippen LogP contribution in [-0.2, 0) is 13.6 Å². The lowest BCUT2D eigenvalue weighted by molar-refractivity contribution is 0.0591. The highest BCUT2D eigenvalue weighted by Gasteiger charge is 2.44. The third-order valence-corrected chi connectivity index (χ3v) is 7.36. The van der Waals surface area contributed by atoms with Crippen LogP contribution in [0.25, 0.3) is 10.6 Å². The summed E-state index contributed by atoms with van der Waals surface area (Å²) in [7, 11) is 1.86. The summed E-state index contributed by atoms with van der Waals surface area (Å²) in [6, 6.07) is 6.94. The van der Waals surface area contributed by atoms with Crippen LogP contribution in [0.2, 0.25) is 0 Å². The molecule has 3 atom stereocenters. The van der Waals surface area contributed by atoms with Gasteiger partial charge in [-0.25, -0.2) is 9.37 Å². The molecule has 2 fully saturated rings. The van der Waals surface area contributed by atoms with Crippen molar-refractivity contribution in [3.8, 4) is 10.6 Å². The fourth-order valence-electron chi connectivity index (χ4n) is 4.92. The first-order chi connectivity index (χ1) is 14.1. The molecule has 1 aromatic carbocycles. The lowest BCUT2D eigenvalue weighted by Gasteiger charge is -2.34. The molecular formula is C22H23FN4OS. The van der Waals surface area contributed by atoms with E-state index in [2.05, 4.69) is 10.1 Å². The molecule has 5 nitrogen and oxygen atoms in total. The van der Waals surface area contributed by atoms with Crippen molar-refractivity contribution in [3.63, 3.8) is 0 Å². The molecule has 2 bridgehead atoms. The molecule has 2 aliphatic rings. The maximum absolute atomic E-state index is 14.4. The first-order valence-corrected chi connectivity index (χ1v) is 10.9. The second-order valence-electron chi connectivity index (χ2n) is 8.20. The molecule has 3 aromatic rings. The van der Waals surface area contributed by atoms with E-state index < -0.39 is 0 Å².